The number of benzene rings is 1. The molecule has 1 aliphatic heterocycles. The van der Waals surface area contributed by atoms with Crippen molar-refractivity contribution in [3.8, 4) is 5.75 Å². The summed E-state index contributed by atoms with van der Waals surface area (Å²) in [6.45, 7) is 0.920. The van der Waals surface area contributed by atoms with Gasteiger partial charge in [-0.1, -0.05) is 6.07 Å². The first kappa shape index (κ1) is 10.2. The molecule has 0 N–H and O–H groups in total. The third-order valence-corrected chi connectivity index (χ3v) is 3.01. The van der Waals surface area contributed by atoms with Crippen molar-refractivity contribution in [3.05, 3.63) is 29.3 Å². The number of nitrogens with zero attached hydrogens (tertiary/aromatic N) is 1. The van der Waals surface area contributed by atoms with Crippen LogP contribution in [-0.2, 0) is 11.2 Å². The van der Waals surface area contributed by atoms with Crippen molar-refractivity contribution in [2.45, 2.75) is 12.5 Å². The monoisotopic (exact) mass is 205 g/mol. The lowest BCUT2D eigenvalue weighted by Gasteiger charge is -2.31. The molecule has 0 bridgehead atoms. The van der Waals surface area contributed by atoms with Crippen LogP contribution in [0, 0.1) is 0 Å². The summed E-state index contributed by atoms with van der Waals surface area (Å²) in [6, 6.07) is 5.83. The molecular weight excluding hydrogens is 190 g/mol. The fraction of sp³-hybridized carbons (Fsp3) is 0.417. The van der Waals surface area contributed by atoms with Gasteiger partial charge >= 0.3 is 0 Å². The van der Waals surface area contributed by atoms with Crippen molar-refractivity contribution >= 4 is 6.29 Å². The number of carbonyl (C=O) groups is 1. The Balaban J connectivity index is 2.42. The van der Waals surface area contributed by atoms with Gasteiger partial charge in [-0.05, 0) is 36.7 Å². The molecule has 0 amide bonds. The van der Waals surface area contributed by atoms with Gasteiger partial charge in [-0.15, -0.1) is 0 Å². The Morgan fingerprint density at radius 1 is 1.53 bits per heavy atom. The van der Waals surface area contributed by atoms with E-state index in [0.717, 1.165) is 30.6 Å². The molecule has 1 atom stereocenters. The largest absolute Gasteiger partial charge is 0.497 e. The maximum absolute atomic E-state index is 11.0. The molecule has 0 saturated carbocycles. The number of hydrogen-bond donors (Lipinski definition) is 0. The average Bonchev–Trinajstić information content (AvgIpc) is 2.28. The zero-order chi connectivity index (χ0) is 10.8. The summed E-state index contributed by atoms with van der Waals surface area (Å²) in [5.41, 5.74) is 2.34. The fourth-order valence-electron chi connectivity index (χ4n) is 2.06. The predicted octanol–water partition coefficient (Wildman–Crippen LogP) is 1.42. The number of hydrogen-bond acceptors (Lipinski definition) is 3. The predicted molar refractivity (Wildman–Crippen MR) is 58.1 cm³/mol. The van der Waals surface area contributed by atoms with Gasteiger partial charge in [0.25, 0.3) is 0 Å². The molecule has 1 aromatic carbocycles. The summed E-state index contributed by atoms with van der Waals surface area (Å²) in [5.74, 6) is 0.864. The average molecular weight is 205 g/mol. The Hall–Kier alpha value is -1.35. The minimum absolute atomic E-state index is 0.0975. The highest BCUT2D eigenvalue weighted by Gasteiger charge is 2.24. The second-order valence-corrected chi connectivity index (χ2v) is 3.88. The van der Waals surface area contributed by atoms with Gasteiger partial charge in [0.05, 0.1) is 13.2 Å². The normalized spacial score (nSPS) is 20.8. The van der Waals surface area contributed by atoms with Crippen molar-refractivity contribution in [1.82, 2.24) is 4.90 Å². The van der Waals surface area contributed by atoms with Crippen LogP contribution < -0.4 is 4.74 Å². The quantitative estimate of drug-likeness (QED) is 0.684. The first-order chi connectivity index (χ1) is 7.26. The minimum atomic E-state index is -0.0975. The molecule has 80 valence electrons. The van der Waals surface area contributed by atoms with Crippen LogP contribution in [0.2, 0.25) is 0 Å². The topological polar surface area (TPSA) is 29.5 Å². The molecule has 1 heterocycles. The maximum Gasteiger partial charge on any atom is 0.141 e. The van der Waals surface area contributed by atoms with Crippen LogP contribution in [0.15, 0.2) is 18.2 Å². The zero-order valence-corrected chi connectivity index (χ0v) is 9.06. The van der Waals surface area contributed by atoms with Gasteiger partial charge in [0, 0.05) is 6.54 Å². The molecule has 2 rings (SSSR count). The van der Waals surface area contributed by atoms with Crippen LogP contribution in [-0.4, -0.2) is 31.9 Å². The molecular formula is C12H15NO2. The third-order valence-electron chi connectivity index (χ3n) is 3.01. The van der Waals surface area contributed by atoms with E-state index in [9.17, 15) is 4.79 Å². The summed E-state index contributed by atoms with van der Waals surface area (Å²) in [6.07, 6.45) is 1.98. The van der Waals surface area contributed by atoms with Crippen LogP contribution in [0.25, 0.3) is 0 Å². The van der Waals surface area contributed by atoms with Crippen molar-refractivity contribution in [2.75, 3.05) is 20.7 Å². The number of aldehydes is 1. The highest BCUT2D eigenvalue weighted by molar-refractivity contribution is 5.64. The van der Waals surface area contributed by atoms with Crippen LogP contribution in [0.5, 0.6) is 5.75 Å². The van der Waals surface area contributed by atoms with Crippen molar-refractivity contribution in [3.63, 3.8) is 0 Å². The molecule has 0 spiro atoms. The standard InChI is InChI=1S/C12H15NO2/c1-13-6-5-9-7-10(15-2)3-4-11(9)12(13)8-14/h3-4,7-8,12H,5-6H2,1-2H3. The molecule has 1 aromatic rings. The number of methoxy groups -OCH3 is 1. The van der Waals surface area contributed by atoms with E-state index in [2.05, 4.69) is 4.90 Å². The molecule has 0 radical (unpaired) electrons. The summed E-state index contributed by atoms with van der Waals surface area (Å²) < 4.78 is 5.17. The summed E-state index contributed by atoms with van der Waals surface area (Å²) in [5, 5.41) is 0. The number of carbonyl (C=O) groups excluding carboxylic acids is 1. The van der Waals surface area contributed by atoms with Crippen LogP contribution in [0.1, 0.15) is 17.2 Å². The molecule has 15 heavy (non-hydrogen) atoms. The number of ether oxygens (including phenoxy) is 1. The van der Waals surface area contributed by atoms with Crippen LogP contribution in [0.4, 0.5) is 0 Å². The number of likely N-dealkylation sites (N-methyl/N-ethyl adjacent to an activating group) is 1. The Morgan fingerprint density at radius 2 is 2.33 bits per heavy atom. The van der Waals surface area contributed by atoms with Crippen molar-refractivity contribution < 1.29 is 9.53 Å². The van der Waals surface area contributed by atoms with Gasteiger partial charge in [0.1, 0.15) is 12.0 Å². The van der Waals surface area contributed by atoms with E-state index in [4.69, 9.17) is 4.74 Å². The van der Waals surface area contributed by atoms with E-state index in [1.165, 1.54) is 5.56 Å². The van der Waals surface area contributed by atoms with Gasteiger partial charge in [0.2, 0.25) is 0 Å². The number of rotatable bonds is 2. The minimum Gasteiger partial charge on any atom is -0.497 e. The molecule has 0 aliphatic carbocycles. The van der Waals surface area contributed by atoms with E-state index in [1.54, 1.807) is 7.11 Å². The highest BCUT2D eigenvalue weighted by atomic mass is 16.5. The van der Waals surface area contributed by atoms with Gasteiger partial charge in [0.15, 0.2) is 0 Å². The molecule has 3 nitrogen and oxygen atoms in total. The number of fused-ring (bicyclic) bond motifs is 1. The first-order valence-corrected chi connectivity index (χ1v) is 5.08. The van der Waals surface area contributed by atoms with E-state index in [1.807, 2.05) is 25.2 Å². The Bertz CT molecular complexity index is 376. The zero-order valence-electron chi connectivity index (χ0n) is 9.06. The molecule has 0 saturated heterocycles. The smallest absolute Gasteiger partial charge is 0.141 e. The summed E-state index contributed by atoms with van der Waals surface area (Å²) in [4.78, 5) is 13.1. The highest BCUT2D eigenvalue weighted by Crippen LogP contribution is 2.29. The van der Waals surface area contributed by atoms with E-state index in [0.29, 0.717) is 0 Å². The lowest BCUT2D eigenvalue weighted by Crippen LogP contribution is -2.32. The van der Waals surface area contributed by atoms with Crippen LogP contribution >= 0.6 is 0 Å². The van der Waals surface area contributed by atoms with E-state index in [-0.39, 0.29) is 6.04 Å². The van der Waals surface area contributed by atoms with Crippen LogP contribution in [0.3, 0.4) is 0 Å². The lowest BCUT2D eigenvalue weighted by molar-refractivity contribution is -0.112. The molecule has 3 heteroatoms. The molecule has 0 aromatic heterocycles. The van der Waals surface area contributed by atoms with Crippen molar-refractivity contribution in [1.29, 1.82) is 0 Å². The summed E-state index contributed by atoms with van der Waals surface area (Å²) in [7, 11) is 3.64. The lowest BCUT2D eigenvalue weighted by atomic mass is 9.93. The maximum atomic E-state index is 11.0. The second-order valence-electron chi connectivity index (χ2n) is 3.88. The van der Waals surface area contributed by atoms with Gasteiger partial charge in [-0.2, -0.15) is 0 Å². The third kappa shape index (κ3) is 1.75. The van der Waals surface area contributed by atoms with Gasteiger partial charge in [-0.3, -0.25) is 4.90 Å². The molecule has 0 fully saturated rings. The second kappa shape index (κ2) is 4.03. The van der Waals surface area contributed by atoms with Gasteiger partial charge in [-0.25, -0.2) is 0 Å². The Morgan fingerprint density at radius 3 is 3.00 bits per heavy atom. The Kier molecular flexibility index (Phi) is 2.73. The fourth-order valence-corrected chi connectivity index (χ4v) is 2.06. The molecule has 1 aliphatic rings. The van der Waals surface area contributed by atoms with E-state index < -0.39 is 0 Å². The van der Waals surface area contributed by atoms with E-state index >= 15 is 0 Å². The Labute approximate surface area is 89.7 Å². The van der Waals surface area contributed by atoms with Crippen molar-refractivity contribution in [2.24, 2.45) is 0 Å². The SMILES string of the molecule is COc1ccc2c(c1)CCN(C)C2C=O. The molecule has 1 unspecified atom stereocenters. The first-order valence-electron chi connectivity index (χ1n) is 5.08. The van der Waals surface area contributed by atoms with Gasteiger partial charge < -0.3 is 9.53 Å². The summed E-state index contributed by atoms with van der Waals surface area (Å²) >= 11 is 0.